The Hall–Kier alpha value is -2.76. The molecule has 0 aliphatic carbocycles. The Bertz CT molecular complexity index is 722. The second-order valence-electron chi connectivity index (χ2n) is 3.70. The van der Waals surface area contributed by atoms with Crippen LogP contribution >= 0.6 is 0 Å². The second kappa shape index (κ2) is 3.92. The lowest BCUT2D eigenvalue weighted by Gasteiger charge is -1.95. The molecule has 3 rings (SSSR count). The molecule has 0 saturated heterocycles. The molecule has 0 spiro atoms. The van der Waals surface area contributed by atoms with Gasteiger partial charge in [-0.25, -0.2) is 4.98 Å². The summed E-state index contributed by atoms with van der Waals surface area (Å²) in [6.07, 6.45) is 1.16. The maximum absolute atomic E-state index is 10.7. The third-order valence-electron chi connectivity index (χ3n) is 2.57. The highest BCUT2D eigenvalue weighted by molar-refractivity contribution is 5.90. The molecule has 0 atom stereocenters. The topological polar surface area (TPSA) is 82.1 Å². The first-order valence-corrected chi connectivity index (χ1v) is 5.21. The molecule has 88 valence electrons. The van der Waals surface area contributed by atoms with Crippen molar-refractivity contribution in [2.75, 3.05) is 0 Å². The van der Waals surface area contributed by atoms with Gasteiger partial charge in [0, 0.05) is 11.6 Å². The van der Waals surface area contributed by atoms with Crippen LogP contribution in [0.25, 0.3) is 22.4 Å². The van der Waals surface area contributed by atoms with Gasteiger partial charge in [0.2, 0.25) is 0 Å². The molecule has 0 aliphatic rings. The van der Waals surface area contributed by atoms with E-state index in [1.54, 1.807) is 0 Å². The lowest BCUT2D eigenvalue weighted by atomic mass is 10.1. The molecule has 2 aromatic heterocycles. The number of rotatable bonds is 2. The third-order valence-corrected chi connectivity index (χ3v) is 2.57. The predicted octanol–water partition coefficient (Wildman–Crippen LogP) is 2.80. The van der Waals surface area contributed by atoms with Gasteiger partial charge in [0.15, 0.2) is 0 Å². The Morgan fingerprint density at radius 1 is 1.22 bits per heavy atom. The van der Waals surface area contributed by atoms with E-state index in [0.29, 0.717) is 16.8 Å². The van der Waals surface area contributed by atoms with Crippen LogP contribution in [0.15, 0.2) is 47.1 Å². The predicted molar refractivity (Wildman–Crippen MR) is 63.9 cm³/mol. The number of pyridine rings is 1. The smallest absolute Gasteiger partial charge is 0.288 e. The molecule has 0 radical (unpaired) electrons. The monoisotopic (exact) mass is 241 g/mol. The van der Waals surface area contributed by atoms with Crippen molar-refractivity contribution in [3.63, 3.8) is 0 Å². The highest BCUT2D eigenvalue weighted by Crippen LogP contribution is 2.28. The molecule has 1 aromatic carbocycles. The number of hydrogen-bond donors (Lipinski definition) is 0. The lowest BCUT2D eigenvalue weighted by Crippen LogP contribution is -1.88. The fraction of sp³-hybridized carbons (Fsp3) is 0. The molecule has 6 nitrogen and oxygen atoms in total. The molecule has 18 heavy (non-hydrogen) atoms. The fourth-order valence-corrected chi connectivity index (χ4v) is 1.73. The van der Waals surface area contributed by atoms with E-state index in [-0.39, 0.29) is 5.69 Å². The Labute approximate surface area is 101 Å². The lowest BCUT2D eigenvalue weighted by molar-refractivity contribution is -0.385. The number of aromatic nitrogens is 2. The second-order valence-corrected chi connectivity index (χ2v) is 3.70. The highest BCUT2D eigenvalue weighted by Gasteiger charge is 2.15. The zero-order valence-corrected chi connectivity index (χ0v) is 9.11. The van der Waals surface area contributed by atoms with E-state index in [4.69, 9.17) is 4.52 Å². The molecule has 0 aliphatic heterocycles. The van der Waals surface area contributed by atoms with Crippen molar-refractivity contribution >= 4 is 16.8 Å². The maximum Gasteiger partial charge on any atom is 0.288 e. The van der Waals surface area contributed by atoms with Crippen molar-refractivity contribution in [3.05, 3.63) is 52.7 Å². The summed E-state index contributed by atoms with van der Waals surface area (Å²) >= 11 is 0. The van der Waals surface area contributed by atoms with Crippen LogP contribution in [0, 0.1) is 10.1 Å². The van der Waals surface area contributed by atoms with Crippen LogP contribution < -0.4 is 0 Å². The summed E-state index contributed by atoms with van der Waals surface area (Å²) in [6.45, 7) is 0. The molecular formula is C12H7N3O3. The summed E-state index contributed by atoms with van der Waals surface area (Å²) in [5, 5.41) is 15.2. The number of benzene rings is 1. The molecule has 3 aromatic rings. The molecule has 0 saturated carbocycles. The van der Waals surface area contributed by atoms with Gasteiger partial charge in [-0.05, 0) is 0 Å². The van der Waals surface area contributed by atoms with E-state index in [0.717, 1.165) is 11.8 Å². The molecule has 2 heterocycles. The summed E-state index contributed by atoms with van der Waals surface area (Å²) < 4.78 is 5.05. The zero-order chi connectivity index (χ0) is 12.5. The van der Waals surface area contributed by atoms with Crippen molar-refractivity contribution in [1.82, 2.24) is 10.1 Å². The van der Waals surface area contributed by atoms with Crippen LogP contribution in [-0.4, -0.2) is 15.1 Å². The van der Waals surface area contributed by atoms with Gasteiger partial charge in [-0.1, -0.05) is 35.5 Å². The van der Waals surface area contributed by atoms with Crippen molar-refractivity contribution in [3.8, 4) is 11.3 Å². The van der Waals surface area contributed by atoms with Gasteiger partial charge in [-0.2, -0.15) is 0 Å². The summed E-state index contributed by atoms with van der Waals surface area (Å²) in [6, 6.07) is 10.7. The van der Waals surface area contributed by atoms with Crippen LogP contribution in [-0.2, 0) is 0 Å². The normalized spacial score (nSPS) is 10.7. The van der Waals surface area contributed by atoms with Gasteiger partial charge in [0.25, 0.3) is 11.4 Å². The van der Waals surface area contributed by atoms with E-state index in [1.165, 1.54) is 6.07 Å². The average Bonchev–Trinajstić information content (AvgIpc) is 2.82. The highest BCUT2D eigenvalue weighted by atomic mass is 16.6. The first kappa shape index (κ1) is 10.4. The summed E-state index contributed by atoms with van der Waals surface area (Å²) in [5.74, 6) is 0. The first-order chi connectivity index (χ1) is 8.75. The summed E-state index contributed by atoms with van der Waals surface area (Å²) in [5.41, 5.74) is 1.60. The van der Waals surface area contributed by atoms with E-state index in [9.17, 15) is 10.1 Å². The average molecular weight is 241 g/mol. The third kappa shape index (κ3) is 1.60. The van der Waals surface area contributed by atoms with Crippen LogP contribution in [0.5, 0.6) is 0 Å². The molecule has 6 heteroatoms. The molecule has 0 bridgehead atoms. The van der Waals surface area contributed by atoms with Crippen molar-refractivity contribution in [2.45, 2.75) is 0 Å². The SMILES string of the molecule is O=[N+]([O-])c1cnc2onc(-c3ccccc3)c2c1. The van der Waals surface area contributed by atoms with Crippen molar-refractivity contribution < 1.29 is 9.45 Å². The molecule has 0 unspecified atom stereocenters. The summed E-state index contributed by atoms with van der Waals surface area (Å²) in [4.78, 5) is 14.1. The van der Waals surface area contributed by atoms with Crippen molar-refractivity contribution in [1.29, 1.82) is 0 Å². The van der Waals surface area contributed by atoms with Crippen LogP contribution in [0.1, 0.15) is 0 Å². The number of nitrogens with zero attached hydrogens (tertiary/aromatic N) is 3. The fourth-order valence-electron chi connectivity index (χ4n) is 1.73. The Balaban J connectivity index is 2.24. The Morgan fingerprint density at radius 3 is 2.72 bits per heavy atom. The number of hydrogen-bond acceptors (Lipinski definition) is 5. The van der Waals surface area contributed by atoms with Gasteiger partial charge in [-0.15, -0.1) is 0 Å². The Kier molecular flexibility index (Phi) is 2.26. The number of nitro groups is 1. The maximum atomic E-state index is 10.7. The van der Waals surface area contributed by atoms with E-state index < -0.39 is 4.92 Å². The van der Waals surface area contributed by atoms with Gasteiger partial charge in [-0.3, -0.25) is 10.1 Å². The quantitative estimate of drug-likeness (QED) is 0.509. The van der Waals surface area contributed by atoms with Gasteiger partial charge in [0.05, 0.1) is 10.3 Å². The van der Waals surface area contributed by atoms with Gasteiger partial charge < -0.3 is 4.52 Å². The standard InChI is InChI=1S/C12H7N3O3/c16-15(17)9-6-10-11(8-4-2-1-3-5-8)14-18-12(10)13-7-9/h1-7H. The minimum atomic E-state index is -0.492. The molecule has 0 N–H and O–H groups in total. The first-order valence-electron chi connectivity index (χ1n) is 5.21. The van der Waals surface area contributed by atoms with Gasteiger partial charge in [0.1, 0.15) is 11.9 Å². The zero-order valence-electron chi connectivity index (χ0n) is 9.11. The van der Waals surface area contributed by atoms with E-state index >= 15 is 0 Å². The van der Waals surface area contributed by atoms with Crippen molar-refractivity contribution in [2.24, 2.45) is 0 Å². The molecular weight excluding hydrogens is 234 g/mol. The largest absolute Gasteiger partial charge is 0.335 e. The summed E-state index contributed by atoms with van der Waals surface area (Å²) in [7, 11) is 0. The minimum Gasteiger partial charge on any atom is -0.335 e. The van der Waals surface area contributed by atoms with E-state index in [2.05, 4.69) is 10.1 Å². The van der Waals surface area contributed by atoms with Crippen LogP contribution in [0.2, 0.25) is 0 Å². The number of fused-ring (bicyclic) bond motifs is 1. The van der Waals surface area contributed by atoms with Crippen LogP contribution in [0.3, 0.4) is 0 Å². The minimum absolute atomic E-state index is 0.0807. The Morgan fingerprint density at radius 2 is 2.00 bits per heavy atom. The van der Waals surface area contributed by atoms with E-state index in [1.807, 2.05) is 30.3 Å². The molecule has 0 amide bonds. The molecule has 0 fully saturated rings. The van der Waals surface area contributed by atoms with Gasteiger partial charge >= 0.3 is 0 Å². The van der Waals surface area contributed by atoms with Crippen LogP contribution in [0.4, 0.5) is 5.69 Å².